The molecule has 0 radical (unpaired) electrons. The van der Waals surface area contributed by atoms with Crippen molar-refractivity contribution in [1.82, 2.24) is 0 Å². The Bertz CT molecular complexity index is 206. The molecule has 1 atom stereocenters. The molecule has 6 heteroatoms. The highest BCUT2D eigenvalue weighted by Gasteiger charge is 2.07. The average Bonchev–Trinajstić information content (AvgIpc) is 2.12. The highest BCUT2D eigenvalue weighted by molar-refractivity contribution is 8.15. The molecule has 0 aliphatic heterocycles. The first-order valence-corrected chi connectivity index (χ1v) is 5.45. The second kappa shape index (κ2) is 11.2. The van der Waals surface area contributed by atoms with E-state index in [9.17, 15) is 9.59 Å². The van der Waals surface area contributed by atoms with Crippen molar-refractivity contribution in [2.24, 2.45) is 5.73 Å². The molecule has 15 heavy (non-hydrogen) atoms. The van der Waals surface area contributed by atoms with Crippen LogP contribution in [0.1, 0.15) is 26.7 Å². The van der Waals surface area contributed by atoms with Gasteiger partial charge in [0.2, 0.25) is 5.78 Å². The third-order valence-electron chi connectivity index (χ3n) is 1.32. The number of nitrogens with two attached hydrogens (primary N) is 1. The molecular weight excluding hydrogens is 218 g/mol. The molecule has 0 aromatic rings. The second-order valence-corrected chi connectivity index (χ2v) is 3.98. The summed E-state index contributed by atoms with van der Waals surface area (Å²) in [6.45, 7) is 2.97. The monoisotopic (exact) mass is 235 g/mol. The Morgan fingerprint density at radius 3 is 2.33 bits per heavy atom. The summed E-state index contributed by atoms with van der Waals surface area (Å²) in [5, 5.41) is 6.54. The molecule has 1 unspecified atom stereocenters. The predicted octanol–water partition coefficient (Wildman–Crippen LogP) is 0.663. The molecule has 0 saturated carbocycles. The van der Waals surface area contributed by atoms with Gasteiger partial charge in [-0.1, -0.05) is 11.8 Å². The number of rotatable bonds is 5. The summed E-state index contributed by atoms with van der Waals surface area (Å²) in [7, 11) is 0. The summed E-state index contributed by atoms with van der Waals surface area (Å²) in [6.07, 6.45) is 1.79. The molecule has 0 aliphatic rings. The zero-order valence-corrected chi connectivity index (χ0v) is 9.75. The van der Waals surface area contributed by atoms with E-state index in [2.05, 4.69) is 0 Å². The van der Waals surface area contributed by atoms with Gasteiger partial charge in [-0.3, -0.25) is 14.4 Å². The molecule has 0 heterocycles. The van der Waals surface area contributed by atoms with E-state index < -0.39 is 0 Å². The Morgan fingerprint density at radius 1 is 1.53 bits per heavy atom. The predicted molar refractivity (Wildman–Crippen MR) is 59.7 cm³/mol. The van der Waals surface area contributed by atoms with Crippen molar-refractivity contribution in [2.75, 3.05) is 5.75 Å². The van der Waals surface area contributed by atoms with Gasteiger partial charge in [-0.15, -0.1) is 0 Å². The van der Waals surface area contributed by atoms with Gasteiger partial charge in [0.25, 0.3) is 11.6 Å². The highest BCUT2D eigenvalue weighted by Crippen LogP contribution is 2.07. The van der Waals surface area contributed by atoms with E-state index in [1.54, 1.807) is 0 Å². The zero-order valence-electron chi connectivity index (χ0n) is 8.93. The van der Waals surface area contributed by atoms with E-state index in [-0.39, 0.29) is 23.4 Å². The number of ketones is 1. The van der Waals surface area contributed by atoms with Gasteiger partial charge in [0.05, 0.1) is 0 Å². The largest absolute Gasteiger partial charge is 0.483 e. The molecule has 0 amide bonds. The van der Waals surface area contributed by atoms with Crippen molar-refractivity contribution >= 4 is 29.1 Å². The van der Waals surface area contributed by atoms with Crippen molar-refractivity contribution in [2.45, 2.75) is 32.7 Å². The molecule has 0 aliphatic carbocycles. The number of carbonyl (C=O) groups is 3. The Kier molecular flexibility index (Phi) is 12.4. The molecule has 88 valence electrons. The number of carboxylic acid groups (broad SMARTS) is 1. The van der Waals surface area contributed by atoms with Crippen molar-refractivity contribution in [1.29, 1.82) is 0 Å². The molecule has 0 saturated heterocycles. The Morgan fingerprint density at radius 2 is 2.00 bits per heavy atom. The molecule has 0 rings (SSSR count). The number of carbonyl (C=O) groups excluding carboxylic acids is 2. The number of hydrogen-bond acceptors (Lipinski definition) is 5. The third kappa shape index (κ3) is 15.8. The van der Waals surface area contributed by atoms with E-state index in [0.29, 0.717) is 5.75 Å². The summed E-state index contributed by atoms with van der Waals surface area (Å²) in [5.41, 5.74) is 5.51. The van der Waals surface area contributed by atoms with Crippen molar-refractivity contribution in [3.05, 3.63) is 0 Å². The fourth-order valence-corrected chi connectivity index (χ4v) is 1.37. The van der Waals surface area contributed by atoms with E-state index >= 15 is 0 Å². The van der Waals surface area contributed by atoms with Gasteiger partial charge in [-0.05, 0) is 19.8 Å². The van der Waals surface area contributed by atoms with E-state index in [1.807, 2.05) is 6.92 Å². The van der Waals surface area contributed by atoms with Crippen LogP contribution in [0.3, 0.4) is 0 Å². The Balaban J connectivity index is 0. The van der Waals surface area contributed by atoms with Gasteiger partial charge in [0.1, 0.15) is 0 Å². The van der Waals surface area contributed by atoms with Crippen LogP contribution >= 0.6 is 11.8 Å². The molecule has 0 spiro atoms. The second-order valence-electron chi connectivity index (χ2n) is 2.92. The maximum atomic E-state index is 10.8. The lowest BCUT2D eigenvalue weighted by Gasteiger charge is -2.02. The van der Waals surface area contributed by atoms with Gasteiger partial charge in [-0.2, -0.15) is 0 Å². The molecule has 0 fully saturated rings. The first-order chi connectivity index (χ1) is 6.95. The highest BCUT2D eigenvalue weighted by atomic mass is 32.2. The van der Waals surface area contributed by atoms with Gasteiger partial charge in [0, 0.05) is 18.7 Å². The van der Waals surface area contributed by atoms with Crippen molar-refractivity contribution in [3.8, 4) is 0 Å². The first-order valence-electron chi connectivity index (χ1n) is 4.46. The number of Topliss-reactive ketones (excluding diaryl/α,β-unsaturated/α-hetero) is 1. The Labute approximate surface area is 93.4 Å². The van der Waals surface area contributed by atoms with Gasteiger partial charge in [0.15, 0.2) is 0 Å². The van der Waals surface area contributed by atoms with Crippen LogP contribution in [0, 0.1) is 0 Å². The summed E-state index contributed by atoms with van der Waals surface area (Å²) < 4.78 is 0. The normalized spacial score (nSPS) is 10.9. The minimum absolute atomic E-state index is 0.179. The van der Waals surface area contributed by atoms with Crippen LogP contribution < -0.4 is 5.73 Å². The smallest absolute Gasteiger partial charge is 0.290 e. The van der Waals surface area contributed by atoms with Crippen molar-refractivity contribution in [3.63, 3.8) is 0 Å². The van der Waals surface area contributed by atoms with Crippen LogP contribution in [0.4, 0.5) is 0 Å². The molecular formula is C9H17NO4S. The Hall–Kier alpha value is -0.880. The lowest BCUT2D eigenvalue weighted by atomic mass is 10.2. The topological polar surface area (TPSA) is 97.5 Å². The molecule has 5 nitrogen and oxygen atoms in total. The summed E-state index contributed by atoms with van der Waals surface area (Å²) >= 11 is 1.08. The average molecular weight is 235 g/mol. The fourth-order valence-electron chi connectivity index (χ4n) is 0.672. The fraction of sp³-hybridized carbons (Fsp3) is 0.667. The third-order valence-corrected chi connectivity index (χ3v) is 2.37. The molecule has 0 bridgehead atoms. The molecule has 3 N–H and O–H groups in total. The van der Waals surface area contributed by atoms with Crippen LogP contribution in [0.15, 0.2) is 0 Å². The first kappa shape index (κ1) is 16.5. The number of hydrogen-bond donors (Lipinski definition) is 2. The van der Waals surface area contributed by atoms with Gasteiger partial charge >= 0.3 is 0 Å². The van der Waals surface area contributed by atoms with Crippen LogP contribution in [0.2, 0.25) is 0 Å². The minimum Gasteiger partial charge on any atom is -0.483 e. The van der Waals surface area contributed by atoms with Gasteiger partial charge < -0.3 is 10.8 Å². The summed E-state index contributed by atoms with van der Waals surface area (Å²) in [5.74, 6) is 0.320. The van der Waals surface area contributed by atoms with Gasteiger partial charge in [-0.25, -0.2) is 0 Å². The van der Waals surface area contributed by atoms with E-state index in [4.69, 9.17) is 15.6 Å². The minimum atomic E-state index is -0.374. The maximum Gasteiger partial charge on any atom is 0.290 e. The van der Waals surface area contributed by atoms with Crippen LogP contribution in [0.5, 0.6) is 0 Å². The maximum absolute atomic E-state index is 10.8. The SMILES string of the molecule is CC(=O)C(=O)SCCCC(C)N.O=CO. The quantitative estimate of drug-likeness (QED) is 0.413. The lowest BCUT2D eigenvalue weighted by Crippen LogP contribution is -2.14. The van der Waals surface area contributed by atoms with E-state index in [1.165, 1.54) is 6.92 Å². The van der Waals surface area contributed by atoms with Crippen LogP contribution in [0.25, 0.3) is 0 Å². The zero-order chi connectivity index (χ0) is 12.3. The van der Waals surface area contributed by atoms with Crippen LogP contribution in [-0.4, -0.2) is 34.3 Å². The summed E-state index contributed by atoms with van der Waals surface area (Å²) in [4.78, 5) is 29.6. The van der Waals surface area contributed by atoms with Crippen LogP contribution in [-0.2, 0) is 14.4 Å². The lowest BCUT2D eigenvalue weighted by molar-refractivity contribution is -0.130. The number of thioether (sulfide) groups is 1. The molecule has 0 aromatic heterocycles. The van der Waals surface area contributed by atoms with E-state index in [0.717, 1.165) is 24.6 Å². The molecule has 0 aromatic carbocycles. The standard InChI is InChI=1S/C8H15NO2S.CH2O2/c1-6(9)4-3-5-12-8(11)7(2)10;2-1-3/h6H,3-5,9H2,1-2H3;1H,(H,2,3). The summed E-state index contributed by atoms with van der Waals surface area (Å²) in [6, 6.07) is 0.179. The van der Waals surface area contributed by atoms with Crippen molar-refractivity contribution < 1.29 is 19.5 Å².